The van der Waals surface area contributed by atoms with Gasteiger partial charge in [0.15, 0.2) is 11.2 Å². The van der Waals surface area contributed by atoms with Crippen LogP contribution in [-0.4, -0.2) is 34.2 Å². The highest BCUT2D eigenvalue weighted by atomic mass is 16.2. The number of hydrogen-bond acceptors (Lipinski definition) is 5. The number of carbonyl (C=O) groups excluding carboxylic acids is 1. The van der Waals surface area contributed by atoms with Gasteiger partial charge in [-0.1, -0.05) is 13.8 Å². The molecule has 0 saturated heterocycles. The number of carbonyl (C=O) groups is 1. The van der Waals surface area contributed by atoms with Crippen LogP contribution in [0.3, 0.4) is 0 Å². The number of Topliss-reactive ketones (excluding diaryl/α,β-unsaturated/α-hetero) is 1. The molecule has 0 spiro atoms. The Hall–Kier alpha value is -2.97. The molecule has 0 aliphatic heterocycles. The second kappa shape index (κ2) is 6.40. The Balaban J connectivity index is 2.37. The van der Waals surface area contributed by atoms with E-state index < -0.39 is 11.2 Å². The summed E-state index contributed by atoms with van der Waals surface area (Å²) in [6.45, 7) is 5.12. The van der Waals surface area contributed by atoms with Crippen LogP contribution in [0.1, 0.15) is 32.2 Å². The van der Waals surface area contributed by atoms with Crippen LogP contribution < -0.4 is 11.2 Å². The molecule has 0 amide bonds. The Labute approximate surface area is 149 Å². The second-order valence-corrected chi connectivity index (χ2v) is 6.32. The van der Waals surface area contributed by atoms with Crippen LogP contribution in [0, 0.1) is 0 Å². The maximum absolute atomic E-state index is 12.8. The van der Waals surface area contributed by atoms with Gasteiger partial charge < -0.3 is 4.57 Å². The molecule has 138 valence electrons. The van der Waals surface area contributed by atoms with E-state index in [9.17, 15) is 14.4 Å². The van der Waals surface area contributed by atoms with Crippen molar-refractivity contribution in [2.24, 2.45) is 14.1 Å². The van der Waals surface area contributed by atoms with E-state index >= 15 is 0 Å². The smallest absolute Gasteiger partial charge is 0.306 e. The van der Waals surface area contributed by atoms with E-state index in [-0.39, 0.29) is 23.5 Å². The van der Waals surface area contributed by atoms with Crippen molar-refractivity contribution in [2.45, 2.75) is 40.2 Å². The first-order chi connectivity index (χ1) is 12.3. The van der Waals surface area contributed by atoms with Gasteiger partial charge in [-0.15, -0.1) is 0 Å². The van der Waals surface area contributed by atoms with Crippen molar-refractivity contribution >= 4 is 16.9 Å². The molecule has 0 atom stereocenters. The molecule has 3 rings (SSSR count). The van der Waals surface area contributed by atoms with Crippen molar-refractivity contribution in [3.05, 3.63) is 38.3 Å². The molecule has 0 aliphatic carbocycles. The molecule has 3 aromatic rings. The lowest BCUT2D eigenvalue weighted by Crippen LogP contribution is -2.40. The lowest BCUT2D eigenvalue weighted by atomic mass is 10.3. The number of aryl methyl sites for hydroxylation is 4. The quantitative estimate of drug-likeness (QED) is 0.655. The summed E-state index contributed by atoms with van der Waals surface area (Å²) < 4.78 is 5.56. The van der Waals surface area contributed by atoms with Crippen molar-refractivity contribution in [1.82, 2.24) is 28.5 Å². The van der Waals surface area contributed by atoms with Gasteiger partial charge in [-0.25, -0.2) is 9.48 Å². The summed E-state index contributed by atoms with van der Waals surface area (Å²) in [6, 6.07) is 2.01. The molecule has 0 aliphatic rings. The molecule has 0 bridgehead atoms. The molecule has 9 heteroatoms. The third-order valence-corrected chi connectivity index (χ3v) is 4.46. The molecule has 0 radical (unpaired) electrons. The van der Waals surface area contributed by atoms with Gasteiger partial charge in [0.2, 0.25) is 5.95 Å². The topological polar surface area (TPSA) is 96.7 Å². The lowest BCUT2D eigenvalue weighted by molar-refractivity contribution is -0.117. The van der Waals surface area contributed by atoms with Crippen molar-refractivity contribution in [3.63, 3.8) is 0 Å². The number of rotatable bonds is 5. The Morgan fingerprint density at radius 3 is 2.38 bits per heavy atom. The van der Waals surface area contributed by atoms with Crippen molar-refractivity contribution in [2.75, 3.05) is 0 Å². The Morgan fingerprint density at radius 1 is 1.12 bits per heavy atom. The first kappa shape index (κ1) is 17.8. The van der Waals surface area contributed by atoms with Gasteiger partial charge in [-0.2, -0.15) is 10.1 Å². The molecule has 26 heavy (non-hydrogen) atoms. The van der Waals surface area contributed by atoms with Crippen molar-refractivity contribution in [3.8, 4) is 5.95 Å². The zero-order chi connectivity index (χ0) is 19.2. The fourth-order valence-corrected chi connectivity index (χ4v) is 3.06. The zero-order valence-corrected chi connectivity index (χ0v) is 15.6. The van der Waals surface area contributed by atoms with Gasteiger partial charge in [-0.3, -0.25) is 18.7 Å². The summed E-state index contributed by atoms with van der Waals surface area (Å²) in [5.74, 6) is 0.197. The number of hydrogen-bond donors (Lipinski definition) is 0. The van der Waals surface area contributed by atoms with Crippen LogP contribution in [0.2, 0.25) is 0 Å². The van der Waals surface area contributed by atoms with Gasteiger partial charge in [0.25, 0.3) is 5.56 Å². The van der Waals surface area contributed by atoms with Crippen molar-refractivity contribution in [1.29, 1.82) is 0 Å². The SMILES string of the molecule is CCc1cc(CC)n(-c2nc3c(c(=O)n(CC(C)=O)c(=O)n3C)n2C)n1. The van der Waals surface area contributed by atoms with E-state index in [1.807, 2.05) is 19.9 Å². The van der Waals surface area contributed by atoms with Crippen LogP contribution >= 0.6 is 0 Å². The van der Waals surface area contributed by atoms with Crippen LogP contribution in [0.15, 0.2) is 15.7 Å². The molecule has 3 heterocycles. The Kier molecular flexibility index (Phi) is 4.39. The minimum atomic E-state index is -0.562. The fourth-order valence-electron chi connectivity index (χ4n) is 3.06. The number of nitrogens with zero attached hydrogens (tertiary/aromatic N) is 6. The van der Waals surface area contributed by atoms with Gasteiger partial charge in [0, 0.05) is 19.8 Å². The first-order valence-corrected chi connectivity index (χ1v) is 8.53. The Morgan fingerprint density at radius 2 is 1.81 bits per heavy atom. The first-order valence-electron chi connectivity index (χ1n) is 8.53. The highest BCUT2D eigenvalue weighted by molar-refractivity contribution is 5.76. The van der Waals surface area contributed by atoms with E-state index in [0.717, 1.165) is 28.8 Å². The highest BCUT2D eigenvalue weighted by Crippen LogP contribution is 2.16. The average molecular weight is 358 g/mol. The molecule has 0 fully saturated rings. The van der Waals surface area contributed by atoms with Crippen LogP contribution in [0.5, 0.6) is 0 Å². The van der Waals surface area contributed by atoms with Crippen LogP contribution in [-0.2, 0) is 38.3 Å². The van der Waals surface area contributed by atoms with E-state index in [4.69, 9.17) is 0 Å². The Bertz CT molecular complexity index is 1130. The predicted molar refractivity (Wildman–Crippen MR) is 96.8 cm³/mol. The van der Waals surface area contributed by atoms with Crippen LogP contribution in [0.25, 0.3) is 17.1 Å². The summed E-state index contributed by atoms with van der Waals surface area (Å²) in [5, 5.41) is 4.56. The molecule has 0 N–H and O–H groups in total. The van der Waals surface area contributed by atoms with Gasteiger partial charge >= 0.3 is 5.69 Å². The molecular weight excluding hydrogens is 336 g/mol. The standard InChI is InChI=1S/C17H22N6O3/c1-6-11-8-12(7-2)23(19-11)16-18-14-13(20(16)4)15(25)22(9-10(3)24)17(26)21(14)5/h8H,6-7,9H2,1-5H3. The number of imidazole rings is 1. The zero-order valence-electron chi connectivity index (χ0n) is 15.6. The van der Waals surface area contributed by atoms with E-state index in [0.29, 0.717) is 5.95 Å². The number of fused-ring (bicyclic) bond motifs is 1. The summed E-state index contributed by atoms with van der Waals surface area (Å²) in [6.07, 6.45) is 1.54. The van der Waals surface area contributed by atoms with Crippen molar-refractivity contribution < 1.29 is 4.79 Å². The lowest BCUT2D eigenvalue weighted by Gasteiger charge is -2.07. The predicted octanol–water partition coefficient (Wildman–Crippen LogP) is 0.333. The highest BCUT2D eigenvalue weighted by Gasteiger charge is 2.21. The average Bonchev–Trinajstić information content (AvgIpc) is 3.17. The van der Waals surface area contributed by atoms with Gasteiger partial charge in [-0.05, 0) is 25.8 Å². The van der Waals surface area contributed by atoms with E-state index in [1.165, 1.54) is 11.5 Å². The molecule has 9 nitrogen and oxygen atoms in total. The molecule has 0 saturated carbocycles. The summed E-state index contributed by atoms with van der Waals surface area (Å²) in [7, 11) is 3.25. The van der Waals surface area contributed by atoms with E-state index in [1.54, 1.807) is 23.3 Å². The van der Waals surface area contributed by atoms with Crippen LogP contribution in [0.4, 0.5) is 0 Å². The monoisotopic (exact) mass is 358 g/mol. The molecule has 3 aromatic heterocycles. The third-order valence-electron chi connectivity index (χ3n) is 4.46. The summed E-state index contributed by atoms with van der Waals surface area (Å²) in [5.41, 5.74) is 1.34. The maximum atomic E-state index is 12.8. The van der Waals surface area contributed by atoms with Gasteiger partial charge in [0.05, 0.1) is 12.2 Å². The maximum Gasteiger partial charge on any atom is 0.332 e. The molecule has 0 unspecified atom stereocenters. The molecular formula is C17H22N6O3. The minimum absolute atomic E-state index is 0.260. The number of ketones is 1. The third kappa shape index (κ3) is 2.59. The largest absolute Gasteiger partial charge is 0.332 e. The molecule has 0 aromatic carbocycles. The second-order valence-electron chi connectivity index (χ2n) is 6.32. The minimum Gasteiger partial charge on any atom is -0.306 e. The van der Waals surface area contributed by atoms with Gasteiger partial charge in [0.1, 0.15) is 5.78 Å². The summed E-state index contributed by atoms with van der Waals surface area (Å²) >= 11 is 0. The summed E-state index contributed by atoms with van der Waals surface area (Å²) in [4.78, 5) is 41.3. The van der Waals surface area contributed by atoms with E-state index in [2.05, 4.69) is 10.1 Å². The normalized spacial score (nSPS) is 11.4. The fraction of sp³-hybridized carbons (Fsp3) is 0.471. The number of aromatic nitrogens is 6.